The first kappa shape index (κ1) is 18.5. The van der Waals surface area contributed by atoms with Crippen molar-refractivity contribution in [2.45, 2.75) is 32.0 Å². The lowest BCUT2D eigenvalue weighted by atomic mass is 10.1. The highest BCUT2D eigenvalue weighted by Gasteiger charge is 2.25. The van der Waals surface area contributed by atoms with Gasteiger partial charge < -0.3 is 14.0 Å². The molecule has 6 nitrogen and oxygen atoms in total. The number of aromatic nitrogens is 2. The van der Waals surface area contributed by atoms with Crippen molar-refractivity contribution in [3.05, 3.63) is 48.5 Å². The Labute approximate surface area is 161 Å². The minimum atomic E-state index is 0.658. The summed E-state index contributed by atoms with van der Waals surface area (Å²) < 4.78 is 13.6. The largest absolute Gasteiger partial charge is 0.491 e. The molecule has 1 aromatic heterocycles. The van der Waals surface area contributed by atoms with Crippen LogP contribution in [0.2, 0.25) is 0 Å². The molecule has 4 rings (SSSR count). The van der Waals surface area contributed by atoms with Crippen molar-refractivity contribution in [1.29, 1.82) is 0 Å². The third-order valence-corrected chi connectivity index (χ3v) is 5.65. The van der Waals surface area contributed by atoms with Crippen LogP contribution in [0.5, 0.6) is 5.75 Å². The van der Waals surface area contributed by atoms with Crippen molar-refractivity contribution in [1.82, 2.24) is 19.4 Å². The molecule has 0 aliphatic carbocycles. The van der Waals surface area contributed by atoms with E-state index in [0.29, 0.717) is 6.61 Å². The maximum absolute atomic E-state index is 6.07. The van der Waals surface area contributed by atoms with E-state index in [9.17, 15) is 0 Å². The summed E-state index contributed by atoms with van der Waals surface area (Å²) in [5.41, 5.74) is 1.28. The quantitative estimate of drug-likeness (QED) is 0.748. The van der Waals surface area contributed by atoms with E-state index in [2.05, 4.69) is 39.0 Å². The molecular formula is C21H30N4O2. The second kappa shape index (κ2) is 9.35. The van der Waals surface area contributed by atoms with Crippen LogP contribution in [-0.2, 0) is 17.8 Å². The molecule has 0 unspecified atom stereocenters. The summed E-state index contributed by atoms with van der Waals surface area (Å²) in [5.74, 6) is 1.00. The van der Waals surface area contributed by atoms with Crippen molar-refractivity contribution < 1.29 is 9.47 Å². The summed E-state index contributed by atoms with van der Waals surface area (Å²) in [5, 5.41) is 0. The predicted molar refractivity (Wildman–Crippen MR) is 105 cm³/mol. The highest BCUT2D eigenvalue weighted by Crippen LogP contribution is 2.22. The average Bonchev–Trinajstić information content (AvgIpc) is 3.24. The van der Waals surface area contributed by atoms with E-state index in [-0.39, 0.29) is 0 Å². The Balaban J connectivity index is 1.27. The van der Waals surface area contributed by atoms with E-state index in [4.69, 9.17) is 9.47 Å². The van der Waals surface area contributed by atoms with Gasteiger partial charge in [-0.15, -0.1) is 0 Å². The number of rotatable bonds is 7. The van der Waals surface area contributed by atoms with E-state index in [1.165, 1.54) is 18.4 Å². The molecule has 0 saturated carbocycles. The van der Waals surface area contributed by atoms with Gasteiger partial charge in [0.2, 0.25) is 0 Å². The van der Waals surface area contributed by atoms with Crippen molar-refractivity contribution in [2.24, 2.45) is 0 Å². The predicted octanol–water partition coefficient (Wildman–Crippen LogP) is 2.26. The van der Waals surface area contributed by atoms with E-state index < -0.39 is 0 Å². The molecular weight excluding hydrogens is 340 g/mol. The number of benzene rings is 1. The van der Waals surface area contributed by atoms with Gasteiger partial charge in [0.05, 0.1) is 12.9 Å². The molecule has 1 aromatic carbocycles. The summed E-state index contributed by atoms with van der Waals surface area (Å²) in [4.78, 5) is 9.28. The summed E-state index contributed by atoms with van der Waals surface area (Å²) in [6.07, 6.45) is 7.97. The van der Waals surface area contributed by atoms with Gasteiger partial charge >= 0.3 is 0 Å². The monoisotopic (exact) mass is 370 g/mol. The van der Waals surface area contributed by atoms with Crippen LogP contribution in [0.15, 0.2) is 43.0 Å². The lowest BCUT2D eigenvalue weighted by molar-refractivity contribution is 0.0125. The molecule has 0 amide bonds. The minimum Gasteiger partial charge on any atom is -0.491 e. The molecule has 0 spiro atoms. The highest BCUT2D eigenvalue weighted by molar-refractivity contribution is 5.33. The van der Waals surface area contributed by atoms with Gasteiger partial charge in [0.25, 0.3) is 0 Å². The number of hydrogen-bond donors (Lipinski definition) is 0. The number of para-hydroxylation sites is 1. The van der Waals surface area contributed by atoms with Gasteiger partial charge in [-0.1, -0.05) is 18.2 Å². The number of nitrogens with zero attached hydrogens (tertiary/aromatic N) is 4. The van der Waals surface area contributed by atoms with Gasteiger partial charge in [-0.25, -0.2) is 4.98 Å². The molecule has 2 aliphatic heterocycles. The summed E-state index contributed by atoms with van der Waals surface area (Å²) in [6, 6.07) is 9.16. The van der Waals surface area contributed by atoms with Crippen molar-refractivity contribution in [3.8, 4) is 5.75 Å². The number of hydrogen-bond acceptors (Lipinski definition) is 5. The van der Waals surface area contributed by atoms with E-state index >= 15 is 0 Å². The maximum Gasteiger partial charge on any atom is 0.123 e. The fraction of sp³-hybridized carbons (Fsp3) is 0.571. The minimum absolute atomic E-state index is 0.658. The molecule has 6 heteroatoms. The first-order valence-corrected chi connectivity index (χ1v) is 10.1. The Morgan fingerprint density at radius 1 is 1.07 bits per heavy atom. The molecule has 27 heavy (non-hydrogen) atoms. The lowest BCUT2D eigenvalue weighted by Crippen LogP contribution is -2.51. The summed E-state index contributed by atoms with van der Waals surface area (Å²) in [7, 11) is 0. The van der Waals surface area contributed by atoms with Crippen LogP contribution >= 0.6 is 0 Å². The van der Waals surface area contributed by atoms with Crippen molar-refractivity contribution >= 4 is 0 Å². The zero-order valence-corrected chi connectivity index (χ0v) is 16.0. The molecule has 2 aliphatic rings. The van der Waals surface area contributed by atoms with Gasteiger partial charge in [0, 0.05) is 69.9 Å². The number of piperazine rings is 1. The molecule has 2 aromatic rings. The Morgan fingerprint density at radius 2 is 1.89 bits per heavy atom. The zero-order valence-electron chi connectivity index (χ0n) is 16.0. The molecule has 0 bridgehead atoms. The van der Waals surface area contributed by atoms with Crippen LogP contribution in [-0.4, -0.2) is 71.4 Å². The lowest BCUT2D eigenvalue weighted by Gasteiger charge is -2.40. The SMILES string of the molecule is c1ccc(OCCn2ccnc2)c(CN2CCN(C3CCOCC3)CC2)c1. The molecule has 0 atom stereocenters. The molecule has 3 heterocycles. The van der Waals surface area contributed by atoms with Crippen molar-refractivity contribution in [3.63, 3.8) is 0 Å². The maximum atomic E-state index is 6.07. The zero-order chi connectivity index (χ0) is 18.3. The second-order valence-electron chi connectivity index (χ2n) is 7.41. The first-order valence-electron chi connectivity index (χ1n) is 10.1. The van der Waals surface area contributed by atoms with Crippen molar-refractivity contribution in [2.75, 3.05) is 46.0 Å². The molecule has 0 radical (unpaired) electrons. The van der Waals surface area contributed by atoms with Crippen LogP contribution in [0, 0.1) is 0 Å². The molecule has 146 valence electrons. The van der Waals surface area contributed by atoms with Gasteiger partial charge in [0.15, 0.2) is 0 Å². The first-order chi connectivity index (χ1) is 13.4. The topological polar surface area (TPSA) is 42.8 Å². The number of ether oxygens (including phenoxy) is 2. The summed E-state index contributed by atoms with van der Waals surface area (Å²) >= 11 is 0. The van der Waals surface area contributed by atoms with Crippen LogP contribution in [0.4, 0.5) is 0 Å². The standard InChI is InChI=1S/C21H30N4O2/c1-2-4-21(27-16-13-24-8-7-22-18-24)19(3-1)17-23-9-11-25(12-10-23)20-5-14-26-15-6-20/h1-4,7-8,18,20H,5-6,9-17H2. The fourth-order valence-corrected chi connectivity index (χ4v) is 4.03. The summed E-state index contributed by atoms with van der Waals surface area (Å²) in [6.45, 7) is 8.86. The molecule has 2 saturated heterocycles. The Morgan fingerprint density at radius 3 is 2.67 bits per heavy atom. The number of imidazole rings is 1. The third kappa shape index (κ3) is 5.09. The molecule has 0 N–H and O–H groups in total. The van der Waals surface area contributed by atoms with Crippen LogP contribution in [0.1, 0.15) is 18.4 Å². The van der Waals surface area contributed by atoms with Crippen LogP contribution < -0.4 is 4.74 Å². The highest BCUT2D eigenvalue weighted by atomic mass is 16.5. The second-order valence-corrected chi connectivity index (χ2v) is 7.41. The average molecular weight is 370 g/mol. The smallest absolute Gasteiger partial charge is 0.123 e. The van der Waals surface area contributed by atoms with Gasteiger partial charge in [-0.2, -0.15) is 0 Å². The van der Waals surface area contributed by atoms with Crippen LogP contribution in [0.3, 0.4) is 0 Å². The van der Waals surface area contributed by atoms with E-state index in [1.807, 2.05) is 17.1 Å². The Hall–Kier alpha value is -1.89. The Kier molecular flexibility index (Phi) is 6.40. The van der Waals surface area contributed by atoms with Gasteiger partial charge in [-0.3, -0.25) is 9.80 Å². The van der Waals surface area contributed by atoms with Crippen LogP contribution in [0.25, 0.3) is 0 Å². The fourth-order valence-electron chi connectivity index (χ4n) is 4.03. The van der Waals surface area contributed by atoms with E-state index in [0.717, 1.165) is 64.3 Å². The normalized spacial score (nSPS) is 20.0. The van der Waals surface area contributed by atoms with E-state index in [1.54, 1.807) is 6.20 Å². The van der Waals surface area contributed by atoms with Gasteiger partial charge in [-0.05, 0) is 18.9 Å². The third-order valence-electron chi connectivity index (χ3n) is 5.65. The Bertz CT molecular complexity index is 677. The van der Waals surface area contributed by atoms with Gasteiger partial charge in [0.1, 0.15) is 12.4 Å². The molecule has 2 fully saturated rings.